The Kier molecular flexibility index (Phi) is 34.9. The third-order valence-corrected chi connectivity index (χ3v) is 11.6. The van der Waals surface area contributed by atoms with Crippen molar-refractivity contribution in [3.63, 3.8) is 0 Å². The van der Waals surface area contributed by atoms with Crippen molar-refractivity contribution in [3.05, 3.63) is 98.1 Å². The molecule has 0 bridgehead atoms. The molecule has 0 amide bonds. The molecule has 1 aliphatic rings. The van der Waals surface area contributed by atoms with Gasteiger partial charge in [0.15, 0.2) is 0 Å². The number of hydrogen-bond acceptors (Lipinski definition) is 2. The van der Waals surface area contributed by atoms with E-state index in [1.54, 1.807) is 0 Å². The number of aliphatic hydroxyl groups is 2. The summed E-state index contributed by atoms with van der Waals surface area (Å²) in [5.41, 5.74) is 26.1. The molecule has 0 aliphatic carbocycles. The van der Waals surface area contributed by atoms with Gasteiger partial charge in [0.1, 0.15) is 0 Å². The molecule has 3 rings (SSSR count). The van der Waals surface area contributed by atoms with Crippen molar-refractivity contribution in [1.29, 1.82) is 0 Å². The second-order valence-electron chi connectivity index (χ2n) is 16.3. The van der Waals surface area contributed by atoms with Crippen LogP contribution >= 0.6 is 0 Å². The fourth-order valence-electron chi connectivity index (χ4n) is 7.91. The van der Waals surface area contributed by atoms with Gasteiger partial charge in [0.2, 0.25) is 11.4 Å². The van der Waals surface area contributed by atoms with Gasteiger partial charge in [0.25, 0.3) is 0 Å². The van der Waals surface area contributed by atoms with Gasteiger partial charge in [-0.1, -0.05) is 158 Å². The van der Waals surface area contributed by atoms with Gasteiger partial charge < -0.3 is 15.7 Å². The minimum Gasteiger partial charge on any atom is -0.493 e. The number of hydrogen-bond donors (Lipinski definition) is 2. The molecule has 0 atom stereocenters. The first-order valence-electron chi connectivity index (χ1n) is 24.4. The van der Waals surface area contributed by atoms with E-state index in [9.17, 15) is 5.53 Å². The molecule has 0 unspecified atom stereocenters. The predicted octanol–water partition coefficient (Wildman–Crippen LogP) is 15.8. The summed E-state index contributed by atoms with van der Waals surface area (Å²) in [4.78, 5) is 0. The van der Waals surface area contributed by atoms with Crippen LogP contribution in [-0.2, 0) is 55.0 Å². The fraction of sp³-hybridized carbons (Fsp3) is 0.667. The average Bonchev–Trinajstić information content (AvgIpc) is 3.57. The number of aryl methyl sites for hydroxylation is 4. The Morgan fingerprint density at radius 2 is 0.864 bits per heavy atom. The monoisotopic (exact) mass is 857 g/mol. The van der Waals surface area contributed by atoms with Gasteiger partial charge in [0, 0.05) is 46.9 Å². The van der Waals surface area contributed by atoms with Crippen molar-refractivity contribution in [2.75, 3.05) is 13.2 Å². The van der Waals surface area contributed by atoms with Crippen molar-refractivity contribution in [1.82, 2.24) is 0 Å². The van der Waals surface area contributed by atoms with Gasteiger partial charge in [-0.2, -0.15) is 0 Å². The number of aliphatic hydroxyl groups excluding tert-OH is 2. The molecule has 1 aliphatic heterocycles. The van der Waals surface area contributed by atoms with Crippen molar-refractivity contribution < 1.29 is 31.4 Å². The Morgan fingerprint density at radius 1 is 0.492 bits per heavy atom. The first-order chi connectivity index (χ1) is 28.3. The minimum atomic E-state index is 0. The van der Waals surface area contributed by atoms with E-state index in [1.807, 2.05) is 0 Å². The molecule has 0 saturated carbocycles. The van der Waals surface area contributed by atoms with E-state index in [-0.39, 0.29) is 16.5 Å². The maximum absolute atomic E-state index is 12.1. The second-order valence-corrected chi connectivity index (χ2v) is 16.3. The molecule has 2 aromatic rings. The Morgan fingerprint density at radius 3 is 1.22 bits per heavy atom. The Hall–Kier alpha value is -2.33. The molecule has 0 saturated heterocycles. The van der Waals surface area contributed by atoms with E-state index in [0.29, 0.717) is 13.2 Å². The fourth-order valence-corrected chi connectivity index (χ4v) is 7.91. The standard InChI is InChI=1S/C46H70N2.2C4H10O.Ni/c1-8-15-18-19-20-21-22-23-24-25-26-27-28-40-35-45(41-31-36(11-4)43(29-16-9-2)37(12-5)32-41)48(47)46(40)42-33-38(13-6)44(30-17-10-3)39(14-7)34-42;2*1-2-3-4-5;/h27-28,31-35H,8-26,29-30H2,1-7H3;2*5H,2-4H2,1H3;. The van der Waals surface area contributed by atoms with Crippen molar-refractivity contribution in [2.45, 2.75) is 223 Å². The van der Waals surface area contributed by atoms with Crippen LogP contribution in [0.3, 0.4) is 0 Å². The molecular formula is C54H90N2NiO2. The van der Waals surface area contributed by atoms with Crippen molar-refractivity contribution in [2.24, 2.45) is 0 Å². The molecule has 338 valence electrons. The third kappa shape index (κ3) is 20.9. The average molecular weight is 858 g/mol. The van der Waals surface area contributed by atoms with Gasteiger partial charge in [-0.15, -0.1) is 0 Å². The summed E-state index contributed by atoms with van der Waals surface area (Å²) >= 11 is 0. The Bertz CT molecular complexity index is 1440. The minimum absolute atomic E-state index is 0. The molecule has 5 heteroatoms. The number of unbranched alkanes of at least 4 members (excludes halogenated alkanes) is 14. The molecule has 2 aromatic carbocycles. The van der Waals surface area contributed by atoms with Crippen LogP contribution in [-0.4, -0.2) is 28.1 Å². The van der Waals surface area contributed by atoms with Crippen LogP contribution in [0.15, 0.2) is 48.1 Å². The number of allylic oxidation sites excluding steroid dienone is 4. The normalized spacial score (nSPS) is 12.3. The molecule has 0 aromatic heterocycles. The predicted molar refractivity (Wildman–Crippen MR) is 256 cm³/mol. The smallest absolute Gasteiger partial charge is 0.214 e. The van der Waals surface area contributed by atoms with Gasteiger partial charge in [0.05, 0.1) is 5.57 Å². The van der Waals surface area contributed by atoms with Crippen LogP contribution in [0.4, 0.5) is 0 Å². The quantitative estimate of drug-likeness (QED) is 0.0509. The maximum Gasteiger partial charge on any atom is 0.214 e. The zero-order chi connectivity index (χ0) is 43.0. The molecule has 0 fully saturated rings. The van der Waals surface area contributed by atoms with E-state index in [2.05, 4.69) is 105 Å². The molecular weight excluding hydrogens is 767 g/mol. The number of nitrogens with zero attached hydrogens (tertiary/aromatic N) is 2. The molecule has 0 spiro atoms. The summed E-state index contributed by atoms with van der Waals surface area (Å²) in [5.74, 6) is 0. The van der Waals surface area contributed by atoms with E-state index >= 15 is 0 Å². The Balaban J connectivity index is 0.00000272. The summed E-state index contributed by atoms with van der Waals surface area (Å²) in [5, 5.41) is 16.1. The van der Waals surface area contributed by atoms with Crippen molar-refractivity contribution in [3.8, 4) is 0 Å². The second kappa shape index (κ2) is 36.3. The molecule has 0 radical (unpaired) electrons. The largest absolute Gasteiger partial charge is 0.493 e. The van der Waals surface area contributed by atoms with Gasteiger partial charge in [-0.3, -0.25) is 0 Å². The molecule has 4 nitrogen and oxygen atoms in total. The van der Waals surface area contributed by atoms with Gasteiger partial charge in [-0.25, -0.2) is 4.70 Å². The van der Waals surface area contributed by atoms with Gasteiger partial charge >= 0.3 is 0 Å². The van der Waals surface area contributed by atoms with Crippen LogP contribution < -0.4 is 0 Å². The molecule has 2 N–H and O–H groups in total. The van der Waals surface area contributed by atoms with E-state index in [4.69, 9.17) is 10.2 Å². The Labute approximate surface area is 375 Å². The third-order valence-electron chi connectivity index (χ3n) is 11.6. The summed E-state index contributed by atoms with van der Waals surface area (Å²) < 4.78 is 1.51. The number of rotatable bonds is 28. The summed E-state index contributed by atoms with van der Waals surface area (Å²) in [6, 6.07) is 9.46. The van der Waals surface area contributed by atoms with Crippen molar-refractivity contribution >= 4 is 11.4 Å². The van der Waals surface area contributed by atoms with E-state index in [1.165, 1.54) is 128 Å². The first kappa shape index (κ1) is 56.7. The maximum atomic E-state index is 12.1. The topological polar surface area (TPSA) is 65.8 Å². The van der Waals surface area contributed by atoms with Crippen LogP contribution in [0.2, 0.25) is 0 Å². The molecule has 1 heterocycles. The first-order valence-corrected chi connectivity index (χ1v) is 24.4. The van der Waals surface area contributed by atoms with Crippen LogP contribution in [0.5, 0.6) is 0 Å². The zero-order valence-corrected chi connectivity index (χ0v) is 40.7. The van der Waals surface area contributed by atoms with Gasteiger partial charge in [-0.05, 0) is 135 Å². The number of benzene rings is 2. The summed E-state index contributed by atoms with van der Waals surface area (Å²) in [6.45, 7) is 20.8. The van der Waals surface area contributed by atoms with Crippen LogP contribution in [0.25, 0.3) is 16.9 Å². The van der Waals surface area contributed by atoms with Crippen LogP contribution in [0, 0.1) is 0 Å². The van der Waals surface area contributed by atoms with E-state index in [0.717, 1.165) is 98.7 Å². The summed E-state index contributed by atoms with van der Waals surface area (Å²) in [6.07, 6.45) is 36.9. The van der Waals surface area contributed by atoms with Crippen LogP contribution in [0.1, 0.15) is 229 Å². The summed E-state index contributed by atoms with van der Waals surface area (Å²) in [7, 11) is 0. The SMILES string of the molecule is CCCCCCCCCCCCC=CC1=C(c2cc(CC)c(CCCC)c(CC)c2)[N+](=[N-])C(c2cc(CC)c(CCCC)c(CC)c2)=C1.CCCCO.CCCCO.[Ni]. The molecule has 59 heavy (non-hydrogen) atoms. The zero-order valence-electron chi connectivity index (χ0n) is 39.7. The van der Waals surface area contributed by atoms with E-state index < -0.39 is 0 Å².